The Kier molecular flexibility index (Phi) is 6.40. The molecule has 0 saturated carbocycles. The third kappa shape index (κ3) is 5.25. The summed E-state index contributed by atoms with van der Waals surface area (Å²) in [6, 6.07) is 7.96. The number of para-hydroxylation sites is 1. The number of ether oxygens (including phenoxy) is 1. The molecule has 0 spiro atoms. The van der Waals surface area contributed by atoms with Crippen LogP contribution in [0, 0.1) is 6.92 Å². The highest BCUT2D eigenvalue weighted by molar-refractivity contribution is 5.92. The number of nitrogens with one attached hydrogen (secondary N) is 2. The quantitative estimate of drug-likeness (QED) is 0.872. The minimum absolute atomic E-state index is 0.0490. The molecule has 2 rings (SSSR count). The Morgan fingerprint density at radius 1 is 1.26 bits per heavy atom. The van der Waals surface area contributed by atoms with Crippen molar-refractivity contribution < 1.29 is 14.3 Å². The van der Waals surface area contributed by atoms with Gasteiger partial charge in [-0.1, -0.05) is 18.2 Å². The highest BCUT2D eigenvalue weighted by atomic mass is 16.6. The van der Waals surface area contributed by atoms with Crippen molar-refractivity contribution in [2.24, 2.45) is 0 Å². The van der Waals surface area contributed by atoms with Crippen LogP contribution in [0.15, 0.2) is 24.3 Å². The van der Waals surface area contributed by atoms with Crippen LogP contribution < -0.4 is 10.6 Å². The summed E-state index contributed by atoms with van der Waals surface area (Å²) in [6.45, 7) is 5.77. The van der Waals surface area contributed by atoms with E-state index >= 15 is 0 Å². The predicted octanol–water partition coefficient (Wildman–Crippen LogP) is 2.14. The number of carbonyl (C=O) groups excluding carboxylic acids is 2. The second-order valence-corrected chi connectivity index (χ2v) is 5.70. The third-order valence-corrected chi connectivity index (χ3v) is 3.99. The van der Waals surface area contributed by atoms with Crippen LogP contribution in [0.1, 0.15) is 25.3 Å². The van der Waals surface area contributed by atoms with Crippen LogP contribution in [0.3, 0.4) is 0 Å². The number of hydrogen-bond acceptors (Lipinski definition) is 4. The fourth-order valence-electron chi connectivity index (χ4n) is 2.63. The Balaban J connectivity index is 1.70. The normalized spacial score (nSPS) is 15.3. The maximum absolute atomic E-state index is 12.0. The third-order valence-electron chi connectivity index (χ3n) is 3.99. The monoisotopic (exact) mass is 319 g/mol. The summed E-state index contributed by atoms with van der Waals surface area (Å²) in [6.07, 6.45) is 1.41. The lowest BCUT2D eigenvalue weighted by molar-refractivity contribution is -0.115. The van der Waals surface area contributed by atoms with Gasteiger partial charge in [0.1, 0.15) is 0 Å². The molecule has 2 N–H and O–H groups in total. The number of carbonyl (C=O) groups is 2. The van der Waals surface area contributed by atoms with E-state index in [1.807, 2.05) is 31.2 Å². The van der Waals surface area contributed by atoms with E-state index in [9.17, 15) is 9.59 Å². The van der Waals surface area contributed by atoms with Gasteiger partial charge in [0.2, 0.25) is 5.91 Å². The Hall–Kier alpha value is -2.08. The molecule has 1 heterocycles. The average Bonchev–Trinajstić information content (AvgIpc) is 2.56. The van der Waals surface area contributed by atoms with Crippen molar-refractivity contribution in [3.05, 3.63) is 29.8 Å². The molecule has 1 aliphatic heterocycles. The molecule has 6 nitrogen and oxygen atoms in total. The van der Waals surface area contributed by atoms with E-state index in [0.717, 1.165) is 24.1 Å². The molecule has 6 heteroatoms. The minimum Gasteiger partial charge on any atom is -0.450 e. The van der Waals surface area contributed by atoms with E-state index in [4.69, 9.17) is 4.74 Å². The van der Waals surface area contributed by atoms with E-state index < -0.39 is 0 Å². The number of aryl methyl sites for hydroxylation is 1. The summed E-state index contributed by atoms with van der Waals surface area (Å²) < 4.78 is 4.99. The Bertz CT molecular complexity index is 540. The van der Waals surface area contributed by atoms with Crippen LogP contribution >= 0.6 is 0 Å². The van der Waals surface area contributed by atoms with E-state index in [-0.39, 0.29) is 24.6 Å². The number of anilines is 1. The zero-order valence-electron chi connectivity index (χ0n) is 13.8. The molecule has 23 heavy (non-hydrogen) atoms. The van der Waals surface area contributed by atoms with Crippen molar-refractivity contribution in [2.45, 2.75) is 32.7 Å². The topological polar surface area (TPSA) is 70.7 Å². The van der Waals surface area contributed by atoms with Gasteiger partial charge in [0.15, 0.2) is 0 Å². The standard InChI is InChI=1S/C17H25N3O3/c1-3-23-17(22)20-10-8-14(9-11-20)18-12-16(21)19-15-7-5-4-6-13(15)2/h4-7,14,18H,3,8-12H2,1-2H3,(H,19,21). The largest absolute Gasteiger partial charge is 0.450 e. The maximum Gasteiger partial charge on any atom is 0.409 e. The zero-order chi connectivity index (χ0) is 16.7. The second kappa shape index (κ2) is 8.53. The number of piperidine rings is 1. The van der Waals surface area contributed by atoms with Crippen LogP contribution in [-0.4, -0.2) is 49.2 Å². The van der Waals surface area contributed by atoms with Crippen LogP contribution in [-0.2, 0) is 9.53 Å². The summed E-state index contributed by atoms with van der Waals surface area (Å²) in [5.74, 6) is -0.0490. The smallest absolute Gasteiger partial charge is 0.409 e. The lowest BCUT2D eigenvalue weighted by atomic mass is 10.1. The number of nitrogens with zero attached hydrogens (tertiary/aromatic N) is 1. The van der Waals surface area contributed by atoms with Gasteiger partial charge in [-0.25, -0.2) is 4.79 Å². The fourth-order valence-corrected chi connectivity index (χ4v) is 2.63. The van der Waals surface area contributed by atoms with Gasteiger partial charge in [0.25, 0.3) is 0 Å². The van der Waals surface area contributed by atoms with Gasteiger partial charge < -0.3 is 20.3 Å². The molecule has 0 bridgehead atoms. The number of benzene rings is 1. The summed E-state index contributed by atoms with van der Waals surface area (Å²) in [7, 11) is 0. The molecule has 1 aromatic rings. The van der Waals surface area contributed by atoms with Crippen molar-refractivity contribution in [2.75, 3.05) is 31.6 Å². The first-order valence-corrected chi connectivity index (χ1v) is 8.10. The average molecular weight is 319 g/mol. The molecule has 1 aliphatic rings. The Labute approximate surface area is 137 Å². The van der Waals surface area contributed by atoms with Gasteiger partial charge in [0, 0.05) is 24.8 Å². The minimum atomic E-state index is -0.247. The molecule has 1 aromatic carbocycles. The van der Waals surface area contributed by atoms with Crippen molar-refractivity contribution in [3.63, 3.8) is 0 Å². The van der Waals surface area contributed by atoms with Crippen molar-refractivity contribution in [1.82, 2.24) is 10.2 Å². The first kappa shape index (κ1) is 17.3. The number of rotatable bonds is 5. The molecule has 1 saturated heterocycles. The van der Waals surface area contributed by atoms with Gasteiger partial charge in [-0.2, -0.15) is 0 Å². The lowest BCUT2D eigenvalue weighted by Crippen LogP contribution is -2.46. The molecule has 0 radical (unpaired) electrons. The molecule has 0 aliphatic carbocycles. The number of likely N-dealkylation sites (tertiary alicyclic amines) is 1. The van der Waals surface area contributed by atoms with Crippen molar-refractivity contribution in [1.29, 1.82) is 0 Å². The van der Waals surface area contributed by atoms with E-state index in [1.165, 1.54) is 0 Å². The zero-order valence-corrected chi connectivity index (χ0v) is 13.8. The fraction of sp³-hybridized carbons (Fsp3) is 0.529. The molecule has 0 unspecified atom stereocenters. The van der Waals surface area contributed by atoms with E-state index in [2.05, 4.69) is 10.6 Å². The van der Waals surface area contributed by atoms with E-state index in [0.29, 0.717) is 19.7 Å². The van der Waals surface area contributed by atoms with E-state index in [1.54, 1.807) is 11.8 Å². The highest BCUT2D eigenvalue weighted by Crippen LogP contribution is 2.13. The van der Waals surface area contributed by atoms with Crippen LogP contribution in [0.5, 0.6) is 0 Å². The van der Waals surface area contributed by atoms with Gasteiger partial charge >= 0.3 is 6.09 Å². The number of hydrogen-bond donors (Lipinski definition) is 2. The number of amides is 2. The predicted molar refractivity (Wildman–Crippen MR) is 89.4 cm³/mol. The highest BCUT2D eigenvalue weighted by Gasteiger charge is 2.23. The molecule has 0 atom stereocenters. The second-order valence-electron chi connectivity index (χ2n) is 5.70. The Morgan fingerprint density at radius 2 is 1.96 bits per heavy atom. The molecular weight excluding hydrogens is 294 g/mol. The molecular formula is C17H25N3O3. The van der Waals surface area contributed by atoms with Crippen LogP contribution in [0.25, 0.3) is 0 Å². The van der Waals surface area contributed by atoms with Gasteiger partial charge in [-0.3, -0.25) is 4.79 Å². The first-order chi connectivity index (χ1) is 11.1. The molecule has 0 aromatic heterocycles. The SMILES string of the molecule is CCOC(=O)N1CCC(NCC(=O)Nc2ccccc2C)CC1. The van der Waals surface area contributed by atoms with Crippen molar-refractivity contribution in [3.8, 4) is 0 Å². The maximum atomic E-state index is 12.0. The van der Waals surface area contributed by atoms with Gasteiger partial charge in [-0.15, -0.1) is 0 Å². The van der Waals surface area contributed by atoms with Gasteiger partial charge in [-0.05, 0) is 38.3 Å². The first-order valence-electron chi connectivity index (χ1n) is 8.10. The molecule has 126 valence electrons. The summed E-state index contributed by atoms with van der Waals surface area (Å²) >= 11 is 0. The summed E-state index contributed by atoms with van der Waals surface area (Å²) in [4.78, 5) is 25.3. The Morgan fingerprint density at radius 3 is 2.61 bits per heavy atom. The van der Waals surface area contributed by atoms with Crippen molar-refractivity contribution >= 4 is 17.7 Å². The molecule has 2 amide bonds. The summed E-state index contributed by atoms with van der Waals surface area (Å²) in [5.41, 5.74) is 1.89. The van der Waals surface area contributed by atoms with Gasteiger partial charge in [0.05, 0.1) is 13.2 Å². The lowest BCUT2D eigenvalue weighted by Gasteiger charge is -2.31. The van der Waals surface area contributed by atoms with Crippen LogP contribution in [0.2, 0.25) is 0 Å². The molecule has 1 fully saturated rings. The van der Waals surface area contributed by atoms with Crippen LogP contribution in [0.4, 0.5) is 10.5 Å². The summed E-state index contributed by atoms with van der Waals surface area (Å²) in [5, 5.41) is 6.17.